The molecule has 0 unspecified atom stereocenters. The van der Waals surface area contributed by atoms with Crippen LogP contribution in [-0.4, -0.2) is 41.7 Å². The number of amides is 1. The summed E-state index contributed by atoms with van der Waals surface area (Å²) < 4.78 is 0. The molecule has 1 aliphatic carbocycles. The molecule has 5 heteroatoms. The number of aliphatic hydroxyl groups is 1. The van der Waals surface area contributed by atoms with Gasteiger partial charge in [-0.1, -0.05) is 12.5 Å². The van der Waals surface area contributed by atoms with Crippen LogP contribution in [0.3, 0.4) is 0 Å². The van der Waals surface area contributed by atoms with Crippen molar-refractivity contribution in [1.82, 2.24) is 10.2 Å². The number of nitrogens with zero attached hydrogens (tertiary/aromatic N) is 1. The molecule has 1 aliphatic heterocycles. The summed E-state index contributed by atoms with van der Waals surface area (Å²) in [6.45, 7) is 2.93. The monoisotopic (exact) mass is 308 g/mol. The maximum Gasteiger partial charge on any atom is 0.234 e. The summed E-state index contributed by atoms with van der Waals surface area (Å²) in [5.41, 5.74) is 0.0618. The molecule has 1 aromatic heterocycles. The van der Waals surface area contributed by atoms with Gasteiger partial charge in [0, 0.05) is 16.8 Å². The van der Waals surface area contributed by atoms with E-state index >= 15 is 0 Å². The van der Waals surface area contributed by atoms with Crippen molar-refractivity contribution < 1.29 is 9.90 Å². The number of likely N-dealkylation sites (tertiary alicyclic amines) is 1. The van der Waals surface area contributed by atoms with Gasteiger partial charge in [-0.25, -0.2) is 0 Å². The Bertz CT molecular complexity index is 477. The molecule has 0 bridgehead atoms. The molecule has 1 aromatic rings. The van der Waals surface area contributed by atoms with E-state index in [9.17, 15) is 9.90 Å². The summed E-state index contributed by atoms with van der Waals surface area (Å²) >= 11 is 1.67. The van der Waals surface area contributed by atoms with Gasteiger partial charge in [0.2, 0.25) is 5.91 Å². The zero-order valence-electron chi connectivity index (χ0n) is 12.4. The molecule has 2 aliphatic rings. The van der Waals surface area contributed by atoms with E-state index in [1.807, 2.05) is 17.5 Å². The SMILES string of the molecule is O=C(CN1CCC[C@]2(CCC[C@H]2O)C1)NCc1cccs1. The molecule has 1 amide bonds. The highest BCUT2D eigenvalue weighted by Crippen LogP contribution is 2.44. The van der Waals surface area contributed by atoms with Gasteiger partial charge in [-0.05, 0) is 43.7 Å². The van der Waals surface area contributed by atoms with Crippen molar-refractivity contribution >= 4 is 17.2 Å². The number of piperidine rings is 1. The lowest BCUT2D eigenvalue weighted by Crippen LogP contribution is -2.49. The number of hydrogen-bond donors (Lipinski definition) is 2. The van der Waals surface area contributed by atoms with E-state index in [4.69, 9.17) is 0 Å². The van der Waals surface area contributed by atoms with Crippen LogP contribution >= 0.6 is 11.3 Å². The van der Waals surface area contributed by atoms with Gasteiger partial charge >= 0.3 is 0 Å². The van der Waals surface area contributed by atoms with E-state index in [1.54, 1.807) is 11.3 Å². The molecule has 0 radical (unpaired) electrons. The molecule has 4 nitrogen and oxygen atoms in total. The summed E-state index contributed by atoms with van der Waals surface area (Å²) in [6.07, 6.45) is 5.20. The predicted molar refractivity (Wildman–Crippen MR) is 84.1 cm³/mol. The highest BCUT2D eigenvalue weighted by atomic mass is 32.1. The minimum absolute atomic E-state index is 0.0618. The summed E-state index contributed by atoms with van der Waals surface area (Å²) in [5, 5.41) is 15.3. The fourth-order valence-corrected chi connectivity index (χ4v) is 4.49. The van der Waals surface area contributed by atoms with Crippen molar-refractivity contribution in [2.75, 3.05) is 19.6 Å². The lowest BCUT2D eigenvalue weighted by Gasteiger charge is -2.42. The number of carbonyl (C=O) groups excluding carboxylic acids is 1. The van der Waals surface area contributed by atoms with Crippen LogP contribution < -0.4 is 5.32 Å². The van der Waals surface area contributed by atoms with Crippen LogP contribution in [0.2, 0.25) is 0 Å². The van der Waals surface area contributed by atoms with Crippen molar-refractivity contribution in [3.8, 4) is 0 Å². The third-order valence-electron chi connectivity index (χ3n) is 4.95. The fourth-order valence-electron chi connectivity index (χ4n) is 3.85. The normalized spacial score (nSPS) is 29.9. The van der Waals surface area contributed by atoms with E-state index < -0.39 is 0 Å². The molecule has 2 atom stereocenters. The first-order valence-corrected chi connectivity index (χ1v) is 8.75. The third kappa shape index (κ3) is 3.47. The van der Waals surface area contributed by atoms with Gasteiger partial charge in [0.1, 0.15) is 0 Å². The molecule has 2 fully saturated rings. The summed E-state index contributed by atoms with van der Waals surface area (Å²) in [6, 6.07) is 4.04. The Balaban J connectivity index is 1.49. The largest absolute Gasteiger partial charge is 0.393 e. The Hall–Kier alpha value is -0.910. The summed E-state index contributed by atoms with van der Waals surface area (Å²) in [4.78, 5) is 15.5. The van der Waals surface area contributed by atoms with Gasteiger partial charge in [0.25, 0.3) is 0 Å². The summed E-state index contributed by atoms with van der Waals surface area (Å²) in [7, 11) is 0. The van der Waals surface area contributed by atoms with Gasteiger partial charge in [-0.15, -0.1) is 11.3 Å². The Morgan fingerprint density at radius 3 is 3.05 bits per heavy atom. The van der Waals surface area contributed by atoms with E-state index in [2.05, 4.69) is 10.2 Å². The highest BCUT2D eigenvalue weighted by Gasteiger charge is 2.44. The molecular weight excluding hydrogens is 284 g/mol. The Kier molecular flexibility index (Phi) is 4.62. The first-order valence-electron chi connectivity index (χ1n) is 7.87. The van der Waals surface area contributed by atoms with Crippen molar-refractivity contribution in [3.63, 3.8) is 0 Å². The van der Waals surface area contributed by atoms with Crippen molar-refractivity contribution in [2.45, 2.75) is 44.8 Å². The van der Waals surface area contributed by atoms with E-state index in [-0.39, 0.29) is 17.4 Å². The molecule has 1 saturated carbocycles. The lowest BCUT2D eigenvalue weighted by atomic mass is 9.77. The van der Waals surface area contributed by atoms with Crippen molar-refractivity contribution in [3.05, 3.63) is 22.4 Å². The van der Waals surface area contributed by atoms with Gasteiger partial charge in [-0.2, -0.15) is 0 Å². The first-order chi connectivity index (χ1) is 10.2. The van der Waals surface area contributed by atoms with E-state index in [0.29, 0.717) is 13.1 Å². The molecule has 116 valence electrons. The van der Waals surface area contributed by atoms with Gasteiger partial charge in [0.15, 0.2) is 0 Å². The average Bonchev–Trinajstić information content (AvgIpc) is 3.09. The smallest absolute Gasteiger partial charge is 0.234 e. The minimum atomic E-state index is -0.172. The molecule has 1 saturated heterocycles. The molecule has 2 heterocycles. The summed E-state index contributed by atoms with van der Waals surface area (Å²) in [5.74, 6) is 0.0907. The van der Waals surface area contributed by atoms with Gasteiger partial charge in [-0.3, -0.25) is 9.69 Å². The third-order valence-corrected chi connectivity index (χ3v) is 5.83. The van der Waals surface area contributed by atoms with Crippen LogP contribution in [0.25, 0.3) is 0 Å². The fraction of sp³-hybridized carbons (Fsp3) is 0.688. The standard InChI is InChI=1S/C16H24N2O2S/c19-14-5-1-6-16(14)7-3-8-18(12-16)11-15(20)17-10-13-4-2-9-21-13/h2,4,9,14,19H,1,3,5-8,10-12H2,(H,17,20)/t14-,16-/m1/s1. The topological polar surface area (TPSA) is 52.6 Å². The van der Waals surface area contributed by atoms with Crippen molar-refractivity contribution in [2.24, 2.45) is 5.41 Å². The molecular formula is C16H24N2O2S. The quantitative estimate of drug-likeness (QED) is 0.894. The van der Waals surface area contributed by atoms with Crippen LogP contribution in [0, 0.1) is 5.41 Å². The first kappa shape index (κ1) is 15.0. The number of rotatable bonds is 4. The maximum atomic E-state index is 12.1. The minimum Gasteiger partial charge on any atom is -0.393 e. The highest BCUT2D eigenvalue weighted by molar-refractivity contribution is 7.09. The Labute approximate surface area is 130 Å². The predicted octanol–water partition coefficient (Wildman–Crippen LogP) is 1.99. The average molecular weight is 308 g/mol. The number of nitrogens with one attached hydrogen (secondary N) is 1. The van der Waals surface area contributed by atoms with E-state index in [0.717, 1.165) is 45.2 Å². The van der Waals surface area contributed by atoms with Crippen LogP contribution in [0.4, 0.5) is 0 Å². The second-order valence-corrected chi connectivity index (χ2v) is 7.47. The zero-order valence-corrected chi connectivity index (χ0v) is 13.2. The van der Waals surface area contributed by atoms with Crippen LogP contribution in [0.15, 0.2) is 17.5 Å². The van der Waals surface area contributed by atoms with E-state index in [1.165, 1.54) is 4.88 Å². The number of thiophene rings is 1. The number of aliphatic hydroxyl groups excluding tert-OH is 1. The van der Waals surface area contributed by atoms with Crippen LogP contribution in [0.1, 0.15) is 37.0 Å². The van der Waals surface area contributed by atoms with Crippen molar-refractivity contribution in [1.29, 1.82) is 0 Å². The zero-order chi connectivity index (χ0) is 14.7. The number of carbonyl (C=O) groups is 1. The second-order valence-electron chi connectivity index (χ2n) is 6.44. The Morgan fingerprint density at radius 1 is 1.48 bits per heavy atom. The lowest BCUT2D eigenvalue weighted by molar-refractivity contribution is -0.123. The van der Waals surface area contributed by atoms with Gasteiger partial charge < -0.3 is 10.4 Å². The molecule has 1 spiro atoms. The maximum absolute atomic E-state index is 12.1. The van der Waals surface area contributed by atoms with Crippen LogP contribution in [-0.2, 0) is 11.3 Å². The molecule has 2 N–H and O–H groups in total. The molecule has 3 rings (SSSR count). The Morgan fingerprint density at radius 2 is 2.33 bits per heavy atom. The molecule has 0 aromatic carbocycles. The second kappa shape index (κ2) is 6.46. The number of hydrogen-bond acceptors (Lipinski definition) is 4. The van der Waals surface area contributed by atoms with Gasteiger partial charge in [0.05, 0.1) is 19.2 Å². The molecule has 21 heavy (non-hydrogen) atoms. The van der Waals surface area contributed by atoms with Crippen LogP contribution in [0.5, 0.6) is 0 Å².